The third-order valence-corrected chi connectivity index (χ3v) is 6.48. The fourth-order valence-corrected chi connectivity index (χ4v) is 4.35. The van der Waals surface area contributed by atoms with E-state index in [1.54, 1.807) is 49.4 Å². The standard InChI is InChI=1S/C29H29FN6O/c1-18-14-26(36(35-18)23-9-5-8-22(15-23)28(31)32)29(37)34-25-16-21(12-13-24(25)30)27(33-17-19-10-11-19)20-6-3-2-4-7-20/h2-9,12-16,19,27,33H,10-11,17H2,1H3,(H3,31,32)(H,34,37). The highest BCUT2D eigenvalue weighted by Crippen LogP contribution is 2.31. The lowest BCUT2D eigenvalue weighted by Gasteiger charge is -2.21. The summed E-state index contributed by atoms with van der Waals surface area (Å²) in [5, 5.41) is 18.5. The second-order valence-electron chi connectivity index (χ2n) is 9.44. The first kappa shape index (κ1) is 24.4. The molecule has 188 valence electrons. The predicted molar refractivity (Wildman–Crippen MR) is 143 cm³/mol. The SMILES string of the molecule is Cc1cc(C(=O)Nc2cc(C(NCC3CC3)c3ccccc3)ccc2F)n(-c2cccc(C(=N)N)c2)n1. The van der Waals surface area contributed by atoms with E-state index in [0.29, 0.717) is 22.9 Å². The van der Waals surface area contributed by atoms with Crippen LogP contribution in [-0.2, 0) is 0 Å². The Kier molecular flexibility index (Phi) is 6.83. The van der Waals surface area contributed by atoms with Gasteiger partial charge in [-0.2, -0.15) is 5.10 Å². The van der Waals surface area contributed by atoms with Crippen molar-refractivity contribution in [2.24, 2.45) is 11.7 Å². The average molecular weight is 497 g/mol. The summed E-state index contributed by atoms with van der Waals surface area (Å²) in [6, 6.07) is 23.3. The van der Waals surface area contributed by atoms with Crippen LogP contribution in [0.1, 0.15) is 51.8 Å². The lowest BCUT2D eigenvalue weighted by atomic mass is 9.97. The summed E-state index contributed by atoms with van der Waals surface area (Å²) in [5.41, 5.74) is 9.63. The Bertz CT molecular complexity index is 1440. The van der Waals surface area contributed by atoms with E-state index in [9.17, 15) is 9.18 Å². The molecule has 8 heteroatoms. The number of carbonyl (C=O) groups is 1. The number of aromatic nitrogens is 2. The molecule has 37 heavy (non-hydrogen) atoms. The third-order valence-electron chi connectivity index (χ3n) is 6.48. The molecule has 1 fully saturated rings. The molecule has 5 N–H and O–H groups in total. The molecular formula is C29H29FN6O. The van der Waals surface area contributed by atoms with Crippen LogP contribution in [0.2, 0.25) is 0 Å². The number of hydrogen-bond donors (Lipinski definition) is 4. The second-order valence-corrected chi connectivity index (χ2v) is 9.44. The van der Waals surface area contributed by atoms with Gasteiger partial charge < -0.3 is 16.4 Å². The van der Waals surface area contributed by atoms with Gasteiger partial charge in [0.1, 0.15) is 17.3 Å². The van der Waals surface area contributed by atoms with Crippen LogP contribution in [0.15, 0.2) is 78.9 Å². The van der Waals surface area contributed by atoms with Gasteiger partial charge in [-0.15, -0.1) is 0 Å². The van der Waals surface area contributed by atoms with E-state index in [-0.39, 0.29) is 23.3 Å². The zero-order valence-electron chi connectivity index (χ0n) is 20.5. The van der Waals surface area contributed by atoms with Crippen LogP contribution in [0.3, 0.4) is 0 Å². The molecule has 1 amide bonds. The minimum Gasteiger partial charge on any atom is -0.384 e. The Labute approximate surface area is 215 Å². The normalized spacial score (nSPS) is 13.8. The van der Waals surface area contributed by atoms with E-state index in [4.69, 9.17) is 11.1 Å². The van der Waals surface area contributed by atoms with E-state index >= 15 is 0 Å². The van der Waals surface area contributed by atoms with Gasteiger partial charge in [-0.05, 0) is 73.7 Å². The quantitative estimate of drug-likeness (QED) is 0.194. The van der Waals surface area contributed by atoms with Gasteiger partial charge in [-0.3, -0.25) is 10.2 Å². The molecule has 1 unspecified atom stereocenters. The summed E-state index contributed by atoms with van der Waals surface area (Å²) in [5.74, 6) is -0.422. The van der Waals surface area contributed by atoms with E-state index in [1.165, 1.54) is 23.6 Å². The van der Waals surface area contributed by atoms with Crippen LogP contribution in [0.4, 0.5) is 10.1 Å². The highest BCUT2D eigenvalue weighted by atomic mass is 19.1. The molecule has 1 aliphatic rings. The van der Waals surface area contributed by atoms with Gasteiger partial charge in [-0.25, -0.2) is 9.07 Å². The molecule has 1 aromatic heterocycles. The molecule has 1 heterocycles. The molecule has 3 aromatic carbocycles. The average Bonchev–Trinajstić information content (AvgIpc) is 3.65. The summed E-state index contributed by atoms with van der Waals surface area (Å²) in [6.07, 6.45) is 2.45. The molecule has 0 spiro atoms. The zero-order chi connectivity index (χ0) is 25.9. The van der Waals surface area contributed by atoms with Crippen LogP contribution in [0, 0.1) is 24.1 Å². The van der Waals surface area contributed by atoms with Crippen molar-refractivity contribution in [2.45, 2.75) is 25.8 Å². The van der Waals surface area contributed by atoms with Crippen molar-refractivity contribution in [1.29, 1.82) is 5.41 Å². The number of anilines is 1. The zero-order valence-corrected chi connectivity index (χ0v) is 20.5. The number of nitrogens with two attached hydrogens (primary N) is 1. The van der Waals surface area contributed by atoms with E-state index in [1.807, 2.05) is 30.3 Å². The monoisotopic (exact) mass is 496 g/mol. The summed E-state index contributed by atoms with van der Waals surface area (Å²) in [4.78, 5) is 13.3. The first-order valence-corrected chi connectivity index (χ1v) is 12.3. The van der Waals surface area contributed by atoms with Gasteiger partial charge in [0.2, 0.25) is 0 Å². The maximum atomic E-state index is 14.9. The Morgan fingerprint density at radius 2 is 1.86 bits per heavy atom. The number of carbonyl (C=O) groups excluding carboxylic acids is 1. The van der Waals surface area contributed by atoms with Gasteiger partial charge in [0.25, 0.3) is 5.91 Å². The smallest absolute Gasteiger partial charge is 0.274 e. The van der Waals surface area contributed by atoms with Crippen molar-refractivity contribution in [3.8, 4) is 5.69 Å². The highest BCUT2D eigenvalue weighted by molar-refractivity contribution is 6.03. The van der Waals surface area contributed by atoms with Gasteiger partial charge in [0.15, 0.2) is 0 Å². The minimum absolute atomic E-state index is 0.0844. The Morgan fingerprint density at radius 3 is 2.59 bits per heavy atom. The Hall–Kier alpha value is -4.30. The number of nitrogens with zero attached hydrogens (tertiary/aromatic N) is 2. The largest absolute Gasteiger partial charge is 0.384 e. The van der Waals surface area contributed by atoms with Gasteiger partial charge in [0, 0.05) is 5.56 Å². The van der Waals surface area contributed by atoms with Gasteiger partial charge in [0.05, 0.1) is 23.1 Å². The molecule has 1 atom stereocenters. The summed E-state index contributed by atoms with van der Waals surface area (Å²) >= 11 is 0. The molecule has 1 saturated carbocycles. The summed E-state index contributed by atoms with van der Waals surface area (Å²) in [6.45, 7) is 2.66. The fraction of sp³-hybridized carbons (Fsp3) is 0.207. The molecular weight excluding hydrogens is 467 g/mol. The number of hydrogen-bond acceptors (Lipinski definition) is 4. The summed E-state index contributed by atoms with van der Waals surface area (Å²) in [7, 11) is 0. The lowest BCUT2D eigenvalue weighted by Crippen LogP contribution is -2.25. The highest BCUT2D eigenvalue weighted by Gasteiger charge is 2.24. The molecule has 0 aliphatic heterocycles. The number of amidine groups is 1. The van der Waals surface area contributed by atoms with Gasteiger partial charge in [-0.1, -0.05) is 48.5 Å². The van der Waals surface area contributed by atoms with E-state index in [2.05, 4.69) is 15.7 Å². The molecule has 5 rings (SSSR count). The minimum atomic E-state index is -0.521. The van der Waals surface area contributed by atoms with Crippen molar-refractivity contribution in [3.05, 3.63) is 113 Å². The fourth-order valence-electron chi connectivity index (χ4n) is 4.35. The maximum absolute atomic E-state index is 14.9. The predicted octanol–water partition coefficient (Wildman–Crippen LogP) is 4.95. The van der Waals surface area contributed by atoms with Crippen molar-refractivity contribution in [3.63, 3.8) is 0 Å². The van der Waals surface area contributed by atoms with Crippen molar-refractivity contribution >= 4 is 17.4 Å². The summed E-state index contributed by atoms with van der Waals surface area (Å²) < 4.78 is 16.4. The molecule has 7 nitrogen and oxygen atoms in total. The molecule has 0 bridgehead atoms. The molecule has 1 aliphatic carbocycles. The van der Waals surface area contributed by atoms with Crippen molar-refractivity contribution < 1.29 is 9.18 Å². The van der Waals surface area contributed by atoms with E-state index < -0.39 is 11.7 Å². The number of amides is 1. The number of rotatable bonds is 9. The molecule has 4 aromatic rings. The molecule has 0 saturated heterocycles. The topological polar surface area (TPSA) is 109 Å². The number of nitrogen functional groups attached to an aromatic ring is 1. The van der Waals surface area contributed by atoms with Crippen molar-refractivity contribution in [1.82, 2.24) is 15.1 Å². The van der Waals surface area contributed by atoms with Gasteiger partial charge >= 0.3 is 0 Å². The first-order chi connectivity index (χ1) is 17.9. The van der Waals surface area contributed by atoms with Crippen LogP contribution >= 0.6 is 0 Å². The Morgan fingerprint density at radius 1 is 1.08 bits per heavy atom. The number of halogens is 1. The number of nitrogens with one attached hydrogen (secondary N) is 3. The number of aryl methyl sites for hydroxylation is 1. The maximum Gasteiger partial charge on any atom is 0.274 e. The van der Waals surface area contributed by atoms with Crippen LogP contribution in [0.5, 0.6) is 0 Å². The van der Waals surface area contributed by atoms with Crippen LogP contribution in [0.25, 0.3) is 5.69 Å². The first-order valence-electron chi connectivity index (χ1n) is 12.3. The molecule has 0 radical (unpaired) electrons. The Balaban J connectivity index is 1.44. The number of benzene rings is 3. The third kappa shape index (κ3) is 5.59. The van der Waals surface area contributed by atoms with E-state index in [0.717, 1.165) is 17.7 Å². The van der Waals surface area contributed by atoms with Crippen molar-refractivity contribution in [2.75, 3.05) is 11.9 Å². The lowest BCUT2D eigenvalue weighted by molar-refractivity contribution is 0.101. The second kappa shape index (κ2) is 10.4. The van der Waals surface area contributed by atoms with Crippen LogP contribution in [-0.4, -0.2) is 28.1 Å². The van der Waals surface area contributed by atoms with Crippen LogP contribution < -0.4 is 16.4 Å².